The molecule has 80 valence electrons. The van der Waals surface area contributed by atoms with E-state index in [-0.39, 0.29) is 24.3 Å². The SMILES string of the molecule is CC[C@H](N)c1cc(F)ccc1OC.Cl. The number of methoxy groups -OCH3 is 1. The molecule has 0 unspecified atom stereocenters. The normalized spacial score (nSPS) is 11.7. The van der Waals surface area contributed by atoms with Crippen LogP contribution in [0.4, 0.5) is 4.39 Å². The molecule has 1 rings (SSSR count). The molecule has 0 amide bonds. The van der Waals surface area contributed by atoms with Gasteiger partial charge in [0, 0.05) is 11.6 Å². The first-order valence-corrected chi connectivity index (χ1v) is 4.28. The van der Waals surface area contributed by atoms with Crippen LogP contribution in [0, 0.1) is 5.82 Å². The molecule has 0 radical (unpaired) electrons. The molecule has 0 bridgehead atoms. The number of hydrogen-bond acceptors (Lipinski definition) is 2. The second-order valence-electron chi connectivity index (χ2n) is 2.90. The van der Waals surface area contributed by atoms with Gasteiger partial charge in [-0.05, 0) is 24.6 Å². The third-order valence-electron chi connectivity index (χ3n) is 2.03. The van der Waals surface area contributed by atoms with Gasteiger partial charge in [0.2, 0.25) is 0 Å². The average molecular weight is 220 g/mol. The molecule has 0 saturated heterocycles. The summed E-state index contributed by atoms with van der Waals surface area (Å²) >= 11 is 0. The Bertz CT molecular complexity index is 293. The highest BCUT2D eigenvalue weighted by Gasteiger charge is 2.10. The van der Waals surface area contributed by atoms with Crippen LogP contribution < -0.4 is 10.5 Å². The molecule has 14 heavy (non-hydrogen) atoms. The summed E-state index contributed by atoms with van der Waals surface area (Å²) in [5.41, 5.74) is 6.52. The van der Waals surface area contributed by atoms with Gasteiger partial charge in [-0.15, -0.1) is 12.4 Å². The van der Waals surface area contributed by atoms with Crippen molar-refractivity contribution in [1.82, 2.24) is 0 Å². The molecule has 0 aliphatic rings. The Balaban J connectivity index is 0.00000169. The molecule has 0 aliphatic carbocycles. The highest BCUT2D eigenvalue weighted by Crippen LogP contribution is 2.25. The summed E-state index contributed by atoms with van der Waals surface area (Å²) in [7, 11) is 1.55. The van der Waals surface area contributed by atoms with Crippen molar-refractivity contribution in [3.63, 3.8) is 0 Å². The van der Waals surface area contributed by atoms with Gasteiger partial charge in [-0.1, -0.05) is 6.92 Å². The summed E-state index contributed by atoms with van der Waals surface area (Å²) in [5, 5.41) is 0. The monoisotopic (exact) mass is 219 g/mol. The quantitative estimate of drug-likeness (QED) is 0.849. The van der Waals surface area contributed by atoms with Crippen molar-refractivity contribution >= 4 is 12.4 Å². The molecule has 0 saturated carbocycles. The second kappa shape index (κ2) is 5.83. The Labute approximate surface area is 89.7 Å². The Morgan fingerprint density at radius 3 is 2.64 bits per heavy atom. The number of nitrogens with two attached hydrogens (primary N) is 1. The smallest absolute Gasteiger partial charge is 0.123 e. The molecule has 0 spiro atoms. The van der Waals surface area contributed by atoms with Crippen molar-refractivity contribution in [2.45, 2.75) is 19.4 Å². The van der Waals surface area contributed by atoms with Gasteiger partial charge in [-0.3, -0.25) is 0 Å². The molecule has 1 atom stereocenters. The summed E-state index contributed by atoms with van der Waals surface area (Å²) in [6.07, 6.45) is 0.764. The Hall–Kier alpha value is -0.800. The van der Waals surface area contributed by atoms with Crippen LogP contribution in [-0.2, 0) is 0 Å². The molecule has 2 N–H and O–H groups in total. The van der Waals surface area contributed by atoms with Crippen molar-refractivity contribution in [1.29, 1.82) is 0 Å². The lowest BCUT2D eigenvalue weighted by Gasteiger charge is -2.13. The lowest BCUT2D eigenvalue weighted by molar-refractivity contribution is 0.403. The zero-order chi connectivity index (χ0) is 9.84. The highest BCUT2D eigenvalue weighted by atomic mass is 35.5. The lowest BCUT2D eigenvalue weighted by Crippen LogP contribution is -2.10. The number of ether oxygens (including phenoxy) is 1. The highest BCUT2D eigenvalue weighted by molar-refractivity contribution is 5.85. The van der Waals surface area contributed by atoms with Crippen molar-refractivity contribution in [3.8, 4) is 5.75 Å². The lowest BCUT2D eigenvalue weighted by atomic mass is 10.0. The summed E-state index contributed by atoms with van der Waals surface area (Å²) in [4.78, 5) is 0. The van der Waals surface area contributed by atoms with E-state index in [0.717, 1.165) is 12.0 Å². The van der Waals surface area contributed by atoms with E-state index in [1.807, 2.05) is 6.92 Å². The van der Waals surface area contributed by atoms with Crippen molar-refractivity contribution in [2.75, 3.05) is 7.11 Å². The molecule has 1 aromatic carbocycles. The first kappa shape index (κ1) is 13.2. The summed E-state index contributed by atoms with van der Waals surface area (Å²) in [6, 6.07) is 4.23. The summed E-state index contributed by atoms with van der Waals surface area (Å²) < 4.78 is 17.9. The molecule has 0 aliphatic heterocycles. The standard InChI is InChI=1S/C10H14FNO.ClH/c1-3-9(12)8-6-7(11)4-5-10(8)13-2;/h4-6,9H,3,12H2,1-2H3;1H/t9-;/m0./s1. The number of benzene rings is 1. The van der Waals surface area contributed by atoms with Gasteiger partial charge in [-0.25, -0.2) is 4.39 Å². The Morgan fingerprint density at radius 1 is 1.50 bits per heavy atom. The fourth-order valence-electron chi connectivity index (χ4n) is 1.21. The largest absolute Gasteiger partial charge is 0.496 e. The molecule has 0 fully saturated rings. The van der Waals surface area contributed by atoms with Crippen molar-refractivity contribution in [3.05, 3.63) is 29.6 Å². The van der Waals surface area contributed by atoms with Gasteiger partial charge < -0.3 is 10.5 Å². The first-order valence-electron chi connectivity index (χ1n) is 4.28. The van der Waals surface area contributed by atoms with Crippen LogP contribution in [0.5, 0.6) is 5.75 Å². The van der Waals surface area contributed by atoms with Gasteiger partial charge in [-0.2, -0.15) is 0 Å². The third-order valence-corrected chi connectivity index (χ3v) is 2.03. The fourth-order valence-corrected chi connectivity index (χ4v) is 1.21. The molecule has 4 heteroatoms. The molecule has 0 heterocycles. The zero-order valence-electron chi connectivity index (χ0n) is 8.29. The minimum absolute atomic E-state index is 0. The number of halogens is 2. The second-order valence-corrected chi connectivity index (χ2v) is 2.90. The van der Waals surface area contributed by atoms with Gasteiger partial charge in [0.1, 0.15) is 11.6 Å². The first-order chi connectivity index (χ1) is 6.19. The van der Waals surface area contributed by atoms with E-state index in [9.17, 15) is 4.39 Å². The fraction of sp³-hybridized carbons (Fsp3) is 0.400. The number of rotatable bonds is 3. The Morgan fingerprint density at radius 2 is 2.14 bits per heavy atom. The number of hydrogen-bond donors (Lipinski definition) is 1. The average Bonchev–Trinajstić information content (AvgIpc) is 2.16. The Kier molecular flexibility index (Phi) is 5.50. The van der Waals surface area contributed by atoms with Crippen molar-refractivity contribution < 1.29 is 9.13 Å². The van der Waals surface area contributed by atoms with E-state index in [1.165, 1.54) is 12.1 Å². The molecule has 2 nitrogen and oxygen atoms in total. The van der Waals surface area contributed by atoms with Crippen LogP contribution in [0.3, 0.4) is 0 Å². The van der Waals surface area contributed by atoms with Crippen LogP contribution in [0.1, 0.15) is 24.9 Å². The molecular weight excluding hydrogens is 205 g/mol. The van der Waals surface area contributed by atoms with Crippen LogP contribution >= 0.6 is 12.4 Å². The maximum absolute atomic E-state index is 12.9. The maximum Gasteiger partial charge on any atom is 0.123 e. The van der Waals surface area contributed by atoms with Crippen LogP contribution in [-0.4, -0.2) is 7.11 Å². The van der Waals surface area contributed by atoms with Gasteiger partial charge >= 0.3 is 0 Å². The van der Waals surface area contributed by atoms with Crippen molar-refractivity contribution in [2.24, 2.45) is 5.73 Å². The summed E-state index contributed by atoms with van der Waals surface area (Å²) in [5.74, 6) is 0.371. The minimum atomic E-state index is -0.278. The topological polar surface area (TPSA) is 35.2 Å². The predicted molar refractivity (Wildman–Crippen MR) is 57.4 cm³/mol. The van der Waals surface area contributed by atoms with E-state index in [4.69, 9.17) is 10.5 Å². The van der Waals surface area contributed by atoms with E-state index in [0.29, 0.717) is 5.75 Å². The van der Waals surface area contributed by atoms with E-state index in [2.05, 4.69) is 0 Å². The van der Waals surface area contributed by atoms with Gasteiger partial charge in [0.25, 0.3) is 0 Å². The van der Waals surface area contributed by atoms with Crippen LogP contribution in [0.15, 0.2) is 18.2 Å². The minimum Gasteiger partial charge on any atom is -0.496 e. The molecule has 0 aromatic heterocycles. The van der Waals surface area contributed by atoms with Gasteiger partial charge in [0.05, 0.1) is 7.11 Å². The third kappa shape index (κ3) is 2.86. The maximum atomic E-state index is 12.9. The van der Waals surface area contributed by atoms with Gasteiger partial charge in [0.15, 0.2) is 0 Å². The van der Waals surface area contributed by atoms with Crippen LogP contribution in [0.2, 0.25) is 0 Å². The van der Waals surface area contributed by atoms with Crippen LogP contribution in [0.25, 0.3) is 0 Å². The van der Waals surface area contributed by atoms with E-state index < -0.39 is 0 Å². The molecular formula is C10H15ClFNO. The zero-order valence-corrected chi connectivity index (χ0v) is 9.10. The molecule has 1 aromatic rings. The van der Waals surface area contributed by atoms with E-state index >= 15 is 0 Å². The van der Waals surface area contributed by atoms with E-state index in [1.54, 1.807) is 13.2 Å². The summed E-state index contributed by atoms with van der Waals surface area (Å²) in [6.45, 7) is 1.95. The predicted octanol–water partition coefficient (Wildman–Crippen LogP) is 2.67.